The molecule has 2 rings (SSSR count). The third-order valence-electron chi connectivity index (χ3n) is 4.15. The molecule has 0 aliphatic carbocycles. The highest BCUT2D eigenvalue weighted by Crippen LogP contribution is 2.23. The summed E-state index contributed by atoms with van der Waals surface area (Å²) in [5.74, 6) is 1.08. The van der Waals surface area contributed by atoms with Crippen molar-refractivity contribution >= 4 is 30.7 Å². The average molecular weight is 414 g/mol. The lowest BCUT2D eigenvalue weighted by molar-refractivity contribution is 0.0898. The normalized spacial score (nSPS) is 12.4. The van der Waals surface area contributed by atoms with Gasteiger partial charge in [-0.1, -0.05) is 26.0 Å². The van der Waals surface area contributed by atoms with E-state index in [4.69, 9.17) is 10.5 Å². The largest absolute Gasteiger partial charge is 0.497 e. The number of methoxy groups -OCH3 is 1. The molecule has 0 bridgehead atoms. The third-order valence-corrected chi connectivity index (χ3v) is 4.15. The first-order valence-electron chi connectivity index (χ1n) is 8.49. The summed E-state index contributed by atoms with van der Waals surface area (Å²) in [6.07, 6.45) is 4.14. The van der Waals surface area contributed by atoms with E-state index in [1.165, 1.54) is 0 Å². The molecule has 3 N–H and O–H groups in total. The molecule has 7 heteroatoms. The number of aromatic nitrogens is 1. The fraction of sp³-hybridized carbons (Fsp3) is 0.400. The Hall–Kier alpha value is -1.82. The van der Waals surface area contributed by atoms with Gasteiger partial charge in [0, 0.05) is 30.0 Å². The highest BCUT2D eigenvalue weighted by atomic mass is 35.5. The molecule has 0 aliphatic heterocycles. The summed E-state index contributed by atoms with van der Waals surface area (Å²) in [7, 11) is 1.63. The Kier molecular flexibility index (Phi) is 10.4. The number of hydrogen-bond acceptors (Lipinski definition) is 4. The number of nitrogens with one attached hydrogen (secondary N) is 1. The van der Waals surface area contributed by atoms with Gasteiger partial charge in [0.2, 0.25) is 0 Å². The van der Waals surface area contributed by atoms with Crippen LogP contribution in [0.2, 0.25) is 0 Å². The van der Waals surface area contributed by atoms with Crippen molar-refractivity contribution in [3.05, 3.63) is 48.3 Å². The van der Waals surface area contributed by atoms with Gasteiger partial charge in [0.15, 0.2) is 0 Å². The van der Waals surface area contributed by atoms with E-state index < -0.39 is 5.54 Å². The molecule has 27 heavy (non-hydrogen) atoms. The fourth-order valence-corrected chi connectivity index (χ4v) is 2.94. The summed E-state index contributed by atoms with van der Waals surface area (Å²) in [4.78, 5) is 16.9. The number of rotatable bonds is 7. The lowest BCUT2D eigenvalue weighted by Gasteiger charge is -2.31. The Morgan fingerprint density at radius 3 is 2.33 bits per heavy atom. The van der Waals surface area contributed by atoms with Crippen LogP contribution in [-0.4, -0.2) is 30.1 Å². The zero-order valence-corrected chi connectivity index (χ0v) is 17.8. The minimum atomic E-state index is -0.429. The molecule has 0 spiro atoms. The maximum absolute atomic E-state index is 12.7. The van der Waals surface area contributed by atoms with Crippen LogP contribution in [0.15, 0.2) is 42.7 Å². The standard InChI is InChI=1S/C20H27N3O2.2ClH/c1-14(2)10-20(3,13-21)23-19(24)17-9-16(11-22-12-17)15-5-7-18(25-4)8-6-15;;/h5-9,11-12,14H,10,13,21H2,1-4H3,(H,23,24);2*1H. The van der Waals surface area contributed by atoms with Crippen molar-refractivity contribution in [2.75, 3.05) is 13.7 Å². The number of benzene rings is 1. The number of halogens is 2. The minimum Gasteiger partial charge on any atom is -0.497 e. The number of carbonyl (C=O) groups excluding carboxylic acids is 1. The Morgan fingerprint density at radius 1 is 1.19 bits per heavy atom. The molecular formula is C20H29Cl2N3O2. The zero-order chi connectivity index (χ0) is 18.4. The van der Waals surface area contributed by atoms with Crippen LogP contribution in [0.25, 0.3) is 11.1 Å². The maximum atomic E-state index is 12.7. The number of carbonyl (C=O) groups is 1. The highest BCUT2D eigenvalue weighted by molar-refractivity contribution is 5.95. The van der Waals surface area contributed by atoms with Gasteiger partial charge in [-0.05, 0) is 43.0 Å². The van der Waals surface area contributed by atoms with Crippen molar-refractivity contribution in [1.82, 2.24) is 10.3 Å². The second-order valence-electron chi connectivity index (χ2n) is 7.01. The summed E-state index contributed by atoms with van der Waals surface area (Å²) in [5, 5.41) is 3.06. The van der Waals surface area contributed by atoms with Crippen molar-refractivity contribution in [3.63, 3.8) is 0 Å². The lowest BCUT2D eigenvalue weighted by atomic mass is 9.90. The summed E-state index contributed by atoms with van der Waals surface area (Å²) in [5.41, 5.74) is 7.84. The molecule has 1 unspecified atom stereocenters. The number of hydrogen-bond donors (Lipinski definition) is 2. The van der Waals surface area contributed by atoms with Gasteiger partial charge < -0.3 is 15.8 Å². The minimum absolute atomic E-state index is 0. The fourth-order valence-electron chi connectivity index (χ4n) is 2.94. The van der Waals surface area contributed by atoms with Crippen molar-refractivity contribution in [1.29, 1.82) is 0 Å². The highest BCUT2D eigenvalue weighted by Gasteiger charge is 2.26. The van der Waals surface area contributed by atoms with Gasteiger partial charge >= 0.3 is 0 Å². The van der Waals surface area contributed by atoms with Crippen LogP contribution in [0.3, 0.4) is 0 Å². The topological polar surface area (TPSA) is 77.2 Å². The van der Waals surface area contributed by atoms with Gasteiger partial charge in [0.1, 0.15) is 5.75 Å². The predicted octanol–water partition coefficient (Wildman–Crippen LogP) is 4.09. The monoisotopic (exact) mass is 413 g/mol. The molecule has 0 saturated heterocycles. The first-order valence-corrected chi connectivity index (χ1v) is 8.49. The van der Waals surface area contributed by atoms with Gasteiger partial charge in [0.05, 0.1) is 12.7 Å². The molecule has 1 aromatic heterocycles. The smallest absolute Gasteiger partial charge is 0.253 e. The van der Waals surface area contributed by atoms with Crippen LogP contribution in [0.5, 0.6) is 5.75 Å². The van der Waals surface area contributed by atoms with Crippen LogP contribution in [0.1, 0.15) is 37.6 Å². The Morgan fingerprint density at radius 2 is 1.81 bits per heavy atom. The molecule has 5 nitrogen and oxygen atoms in total. The molecule has 0 radical (unpaired) electrons. The first-order chi connectivity index (χ1) is 11.9. The van der Waals surface area contributed by atoms with E-state index >= 15 is 0 Å². The van der Waals surface area contributed by atoms with Crippen molar-refractivity contribution in [2.24, 2.45) is 11.7 Å². The molecule has 1 aromatic carbocycles. The average Bonchev–Trinajstić information content (AvgIpc) is 2.61. The molecular weight excluding hydrogens is 385 g/mol. The van der Waals surface area contributed by atoms with Gasteiger partial charge in [-0.3, -0.25) is 9.78 Å². The van der Waals surface area contributed by atoms with E-state index in [0.717, 1.165) is 23.3 Å². The quantitative estimate of drug-likeness (QED) is 0.715. The molecule has 1 heterocycles. The van der Waals surface area contributed by atoms with Gasteiger partial charge in [-0.15, -0.1) is 24.8 Å². The van der Waals surface area contributed by atoms with Gasteiger partial charge in [-0.2, -0.15) is 0 Å². The number of ether oxygens (including phenoxy) is 1. The van der Waals surface area contributed by atoms with E-state index in [-0.39, 0.29) is 30.7 Å². The van der Waals surface area contributed by atoms with E-state index in [2.05, 4.69) is 24.1 Å². The lowest BCUT2D eigenvalue weighted by Crippen LogP contribution is -2.52. The molecule has 1 amide bonds. The number of amides is 1. The first kappa shape index (κ1) is 25.2. The SMILES string of the molecule is COc1ccc(-c2cncc(C(=O)NC(C)(CN)CC(C)C)c2)cc1.Cl.Cl. The number of nitrogens with zero attached hydrogens (tertiary/aromatic N) is 1. The van der Waals surface area contributed by atoms with Crippen LogP contribution in [0.4, 0.5) is 0 Å². The van der Waals surface area contributed by atoms with E-state index in [1.54, 1.807) is 19.5 Å². The van der Waals surface area contributed by atoms with E-state index in [9.17, 15) is 4.79 Å². The molecule has 0 saturated carbocycles. The van der Waals surface area contributed by atoms with Crippen LogP contribution >= 0.6 is 24.8 Å². The van der Waals surface area contributed by atoms with Crippen molar-refractivity contribution in [3.8, 4) is 16.9 Å². The van der Waals surface area contributed by atoms with Crippen LogP contribution in [-0.2, 0) is 0 Å². The Bertz CT molecular complexity index is 723. The molecule has 1 atom stereocenters. The maximum Gasteiger partial charge on any atom is 0.253 e. The Labute approximate surface area is 173 Å². The number of pyridine rings is 1. The van der Waals surface area contributed by atoms with Gasteiger partial charge in [-0.25, -0.2) is 0 Å². The Balaban J connectivity index is 0.00000338. The van der Waals surface area contributed by atoms with Crippen LogP contribution in [0, 0.1) is 5.92 Å². The van der Waals surface area contributed by atoms with E-state index in [0.29, 0.717) is 18.0 Å². The molecule has 150 valence electrons. The zero-order valence-electron chi connectivity index (χ0n) is 16.2. The molecule has 0 fully saturated rings. The van der Waals surface area contributed by atoms with Gasteiger partial charge in [0.25, 0.3) is 5.91 Å². The predicted molar refractivity (Wildman–Crippen MR) is 115 cm³/mol. The third kappa shape index (κ3) is 7.01. The van der Waals surface area contributed by atoms with Crippen LogP contribution < -0.4 is 15.8 Å². The van der Waals surface area contributed by atoms with E-state index in [1.807, 2.05) is 37.3 Å². The summed E-state index contributed by atoms with van der Waals surface area (Å²) in [6, 6.07) is 9.50. The second kappa shape index (κ2) is 11.1. The summed E-state index contributed by atoms with van der Waals surface area (Å²) in [6.45, 7) is 6.60. The molecule has 2 aromatic rings. The van der Waals surface area contributed by atoms with Crippen molar-refractivity contribution < 1.29 is 9.53 Å². The summed E-state index contributed by atoms with van der Waals surface area (Å²) < 4.78 is 5.17. The summed E-state index contributed by atoms with van der Waals surface area (Å²) >= 11 is 0. The van der Waals surface area contributed by atoms with Crippen molar-refractivity contribution in [2.45, 2.75) is 32.7 Å². The second-order valence-corrected chi connectivity index (χ2v) is 7.01. The number of nitrogens with two attached hydrogens (primary N) is 1. The molecule has 0 aliphatic rings.